The van der Waals surface area contributed by atoms with E-state index in [9.17, 15) is 9.59 Å². The topological polar surface area (TPSA) is 71.1 Å². The van der Waals surface area contributed by atoms with Crippen LogP contribution in [-0.4, -0.2) is 51.1 Å². The van der Waals surface area contributed by atoms with Gasteiger partial charge in [0, 0.05) is 67.7 Å². The van der Waals surface area contributed by atoms with Crippen LogP contribution in [0.2, 0.25) is 0 Å². The molecule has 4 aliphatic carbocycles. The van der Waals surface area contributed by atoms with Gasteiger partial charge in [-0.15, -0.1) is 0 Å². The van der Waals surface area contributed by atoms with Gasteiger partial charge in [0.1, 0.15) is 5.78 Å². The number of carbonyl (C=O) groups excluding carboxylic acids is 2. The van der Waals surface area contributed by atoms with Crippen LogP contribution in [0.5, 0.6) is 0 Å². The van der Waals surface area contributed by atoms with Gasteiger partial charge in [0.2, 0.25) is 0 Å². The molecule has 4 aliphatic rings. The average Bonchev–Trinajstić information content (AvgIpc) is 3.68. The molecule has 0 aliphatic heterocycles. The summed E-state index contributed by atoms with van der Waals surface area (Å²) in [5.41, 5.74) is 0. The van der Waals surface area contributed by atoms with E-state index in [1.54, 1.807) is 27.4 Å². The average molecular weight is 485 g/mol. The normalized spacial score (nSPS) is 21.9. The third-order valence-electron chi connectivity index (χ3n) is 6.98. The van der Waals surface area contributed by atoms with Crippen molar-refractivity contribution in [3.05, 3.63) is 12.2 Å². The first-order chi connectivity index (χ1) is 16.4. The van der Waals surface area contributed by atoms with E-state index in [0.29, 0.717) is 5.78 Å². The molecule has 0 bridgehead atoms. The van der Waals surface area contributed by atoms with Crippen molar-refractivity contribution in [1.29, 1.82) is 0 Å². The minimum Gasteiger partial charge on any atom is -0.353 e. The van der Waals surface area contributed by atoms with Gasteiger partial charge in [-0.1, -0.05) is 25.8 Å². The lowest BCUT2D eigenvalue weighted by Gasteiger charge is -2.27. The molecule has 4 rings (SSSR count). The molecule has 200 valence electrons. The van der Waals surface area contributed by atoms with Crippen LogP contribution in [0.1, 0.15) is 118 Å². The SMILES string of the molecule is CCCCCOC1(OC)CCCC1.COC1(OC)CCCC1.O=C1C=CCC1.O=C1CCCC1.[HH]. The number of rotatable bonds is 8. The molecule has 0 saturated heterocycles. The van der Waals surface area contributed by atoms with Gasteiger partial charge >= 0.3 is 0 Å². The number of hydrogen-bond acceptors (Lipinski definition) is 6. The van der Waals surface area contributed by atoms with Gasteiger partial charge in [0.25, 0.3) is 0 Å². The Morgan fingerprint density at radius 2 is 1.29 bits per heavy atom. The van der Waals surface area contributed by atoms with E-state index in [1.807, 2.05) is 6.08 Å². The van der Waals surface area contributed by atoms with E-state index in [4.69, 9.17) is 18.9 Å². The third kappa shape index (κ3) is 12.6. The van der Waals surface area contributed by atoms with Crippen molar-refractivity contribution in [1.82, 2.24) is 0 Å². The van der Waals surface area contributed by atoms with Crippen LogP contribution >= 0.6 is 0 Å². The molecule has 0 aromatic carbocycles. The highest BCUT2D eigenvalue weighted by atomic mass is 16.7. The Morgan fingerprint density at radius 1 is 0.765 bits per heavy atom. The molecule has 34 heavy (non-hydrogen) atoms. The fourth-order valence-corrected chi connectivity index (χ4v) is 4.63. The minimum atomic E-state index is -0.222. The molecule has 6 heteroatoms. The molecule has 0 spiro atoms. The van der Waals surface area contributed by atoms with Gasteiger partial charge in [0.15, 0.2) is 17.4 Å². The monoisotopic (exact) mass is 484 g/mol. The maximum absolute atomic E-state index is 10.2. The molecule has 0 aromatic heterocycles. The summed E-state index contributed by atoms with van der Waals surface area (Å²) in [7, 11) is 5.20. The summed E-state index contributed by atoms with van der Waals surface area (Å²) in [5, 5.41) is 0. The number of allylic oxidation sites excluding steroid dienone is 2. The number of Topliss-reactive ketones (excluding diaryl/α,β-unsaturated/α-hetero) is 1. The second-order valence-corrected chi connectivity index (χ2v) is 9.56. The van der Waals surface area contributed by atoms with Gasteiger partial charge in [-0.25, -0.2) is 0 Å². The molecule has 3 fully saturated rings. The molecule has 0 atom stereocenters. The standard InChI is InChI=1S/C11H22O2.C7H14O2.C5H8O.C5H6O.H2/c1-3-4-7-10-13-11(12-2)8-5-6-9-11;1-8-7(9-2)5-3-4-6-7;2*6-5-3-1-2-4-5;/h3-10H2,1-2H3;3-6H2,1-2H3;1-4H2;1,3H,2,4H2;1H. The summed E-state index contributed by atoms with van der Waals surface area (Å²) in [5.74, 6) is 0.290. The Morgan fingerprint density at radius 3 is 1.59 bits per heavy atom. The second kappa shape index (κ2) is 18.2. The van der Waals surface area contributed by atoms with Gasteiger partial charge in [-0.3, -0.25) is 9.59 Å². The van der Waals surface area contributed by atoms with Crippen molar-refractivity contribution < 1.29 is 30.0 Å². The number of ether oxygens (including phenoxy) is 4. The predicted molar refractivity (Wildman–Crippen MR) is 138 cm³/mol. The lowest BCUT2D eigenvalue weighted by molar-refractivity contribution is -0.217. The highest BCUT2D eigenvalue weighted by molar-refractivity contribution is 5.91. The Kier molecular flexibility index (Phi) is 16.6. The van der Waals surface area contributed by atoms with Crippen LogP contribution in [0, 0.1) is 0 Å². The van der Waals surface area contributed by atoms with Gasteiger partial charge in [-0.2, -0.15) is 0 Å². The number of hydrogen-bond donors (Lipinski definition) is 0. The van der Waals surface area contributed by atoms with Crippen molar-refractivity contribution >= 4 is 11.6 Å². The second-order valence-electron chi connectivity index (χ2n) is 9.56. The first-order valence-corrected chi connectivity index (χ1v) is 13.5. The zero-order chi connectivity index (χ0) is 25.1. The first-order valence-electron chi connectivity index (χ1n) is 13.5. The quantitative estimate of drug-likeness (QED) is 0.274. The van der Waals surface area contributed by atoms with E-state index < -0.39 is 0 Å². The number of unbranched alkanes of at least 4 members (excludes halogenated alkanes) is 2. The van der Waals surface area contributed by atoms with Crippen LogP contribution < -0.4 is 0 Å². The van der Waals surface area contributed by atoms with Gasteiger partial charge < -0.3 is 18.9 Å². The van der Waals surface area contributed by atoms with E-state index in [1.165, 1.54) is 44.9 Å². The molecule has 0 N–H and O–H groups in total. The summed E-state index contributed by atoms with van der Waals surface area (Å²) in [6.45, 7) is 3.07. The smallest absolute Gasteiger partial charge is 0.167 e. The molecule has 6 nitrogen and oxygen atoms in total. The molecule has 0 aromatic rings. The Bertz CT molecular complexity index is 566. The largest absolute Gasteiger partial charge is 0.353 e. The number of methoxy groups -OCH3 is 3. The highest BCUT2D eigenvalue weighted by Gasteiger charge is 2.34. The fraction of sp³-hybridized carbons (Fsp3) is 0.857. The zero-order valence-corrected chi connectivity index (χ0v) is 22.3. The predicted octanol–water partition coefficient (Wildman–Crippen LogP) is 6.94. The molecule has 3 saturated carbocycles. The number of carbonyl (C=O) groups is 2. The van der Waals surface area contributed by atoms with Crippen LogP contribution in [0.25, 0.3) is 0 Å². The van der Waals surface area contributed by atoms with E-state index in [-0.39, 0.29) is 18.8 Å². The molecule has 0 unspecified atom stereocenters. The Labute approximate surface area is 209 Å². The van der Waals surface area contributed by atoms with Gasteiger partial charge in [-0.05, 0) is 57.4 Å². The number of ketones is 2. The van der Waals surface area contributed by atoms with Crippen LogP contribution in [0.4, 0.5) is 0 Å². The van der Waals surface area contributed by atoms with Crippen LogP contribution in [-0.2, 0) is 28.5 Å². The zero-order valence-electron chi connectivity index (χ0n) is 22.3. The third-order valence-corrected chi connectivity index (χ3v) is 6.98. The van der Waals surface area contributed by atoms with Gasteiger partial charge in [0.05, 0.1) is 6.61 Å². The fourth-order valence-electron chi connectivity index (χ4n) is 4.63. The van der Waals surface area contributed by atoms with Crippen molar-refractivity contribution in [2.75, 3.05) is 27.9 Å². The molecular formula is C28H52O6. The summed E-state index contributed by atoms with van der Waals surface area (Å²) < 4.78 is 21.7. The molecule has 0 radical (unpaired) electrons. The van der Waals surface area contributed by atoms with Crippen LogP contribution in [0.15, 0.2) is 12.2 Å². The Hall–Kier alpha value is -1.08. The van der Waals surface area contributed by atoms with Crippen molar-refractivity contribution in [3.63, 3.8) is 0 Å². The highest BCUT2D eigenvalue weighted by Crippen LogP contribution is 2.34. The maximum atomic E-state index is 10.2. The maximum Gasteiger partial charge on any atom is 0.167 e. The molecular weight excluding hydrogens is 432 g/mol. The first kappa shape index (κ1) is 31.0. The van der Waals surface area contributed by atoms with Crippen molar-refractivity contribution in [2.24, 2.45) is 0 Å². The summed E-state index contributed by atoms with van der Waals surface area (Å²) in [6, 6.07) is 0. The van der Waals surface area contributed by atoms with E-state index in [2.05, 4.69) is 6.92 Å². The molecule has 0 amide bonds. The summed E-state index contributed by atoms with van der Waals surface area (Å²) in [4.78, 5) is 20.4. The minimum absolute atomic E-state index is 0. The van der Waals surface area contributed by atoms with Crippen molar-refractivity contribution in [2.45, 2.75) is 128 Å². The lowest BCUT2D eigenvalue weighted by atomic mass is 10.2. The summed E-state index contributed by atoms with van der Waals surface area (Å²) in [6.07, 6.45) is 22.1. The van der Waals surface area contributed by atoms with Crippen molar-refractivity contribution in [3.8, 4) is 0 Å². The lowest BCUT2D eigenvalue weighted by Crippen LogP contribution is -2.31. The Balaban J connectivity index is 0.000000459. The van der Waals surface area contributed by atoms with E-state index >= 15 is 0 Å². The summed E-state index contributed by atoms with van der Waals surface area (Å²) >= 11 is 0. The van der Waals surface area contributed by atoms with Crippen LogP contribution in [0.3, 0.4) is 0 Å². The molecule has 0 heterocycles. The van der Waals surface area contributed by atoms with E-state index in [0.717, 1.165) is 70.8 Å².